The number of hydrogen-bond acceptors (Lipinski definition) is 2. The van der Waals surface area contributed by atoms with Crippen LogP contribution < -0.4 is 5.32 Å². The Hall–Kier alpha value is -2.16. The second kappa shape index (κ2) is 4.57. The van der Waals surface area contributed by atoms with Crippen molar-refractivity contribution in [2.45, 2.75) is 6.42 Å². The maximum Gasteiger partial charge on any atom is 0.251 e. The largest absolute Gasteiger partial charge is 0.322 e. The summed E-state index contributed by atoms with van der Waals surface area (Å²) >= 11 is 0. The molecule has 1 aliphatic carbocycles. The van der Waals surface area contributed by atoms with E-state index in [0.29, 0.717) is 17.7 Å². The fraction of sp³-hybridized carbons (Fsp3) is 0.0769. The smallest absolute Gasteiger partial charge is 0.251 e. The van der Waals surface area contributed by atoms with Crippen LogP contribution in [0.15, 0.2) is 48.1 Å². The van der Waals surface area contributed by atoms with Gasteiger partial charge in [-0.2, -0.15) is 0 Å². The highest BCUT2D eigenvalue weighted by Gasteiger charge is 2.09. The van der Waals surface area contributed by atoms with Gasteiger partial charge in [0.2, 0.25) is 0 Å². The number of rotatable bonds is 3. The summed E-state index contributed by atoms with van der Waals surface area (Å²) in [4.78, 5) is 22.1. The molecule has 1 aliphatic rings. The van der Waals surface area contributed by atoms with E-state index in [1.807, 2.05) is 12.2 Å². The van der Waals surface area contributed by atoms with Crippen molar-refractivity contribution in [1.82, 2.24) is 0 Å². The molecule has 0 aliphatic heterocycles. The van der Waals surface area contributed by atoms with Gasteiger partial charge in [0, 0.05) is 16.8 Å². The lowest BCUT2D eigenvalue weighted by Crippen LogP contribution is -2.13. The zero-order valence-electron chi connectivity index (χ0n) is 8.64. The van der Waals surface area contributed by atoms with E-state index in [1.54, 1.807) is 30.3 Å². The van der Waals surface area contributed by atoms with Crippen molar-refractivity contribution in [2.24, 2.45) is 0 Å². The summed E-state index contributed by atoms with van der Waals surface area (Å²) < 4.78 is 0. The molecule has 0 bridgehead atoms. The molecule has 0 atom stereocenters. The average molecular weight is 213 g/mol. The zero-order valence-corrected chi connectivity index (χ0v) is 8.64. The first-order valence-corrected chi connectivity index (χ1v) is 5.02. The van der Waals surface area contributed by atoms with Gasteiger partial charge in [0.05, 0.1) is 0 Å². The van der Waals surface area contributed by atoms with Crippen molar-refractivity contribution in [2.75, 3.05) is 5.32 Å². The van der Waals surface area contributed by atoms with E-state index in [4.69, 9.17) is 0 Å². The molecule has 1 aromatic rings. The van der Waals surface area contributed by atoms with Crippen LogP contribution in [0.5, 0.6) is 0 Å². The summed E-state index contributed by atoms with van der Waals surface area (Å²) in [5.74, 6) is -0.0937. The lowest BCUT2D eigenvalue weighted by Gasteiger charge is -2.05. The van der Waals surface area contributed by atoms with Gasteiger partial charge in [-0.25, -0.2) is 0 Å². The predicted octanol–water partition coefficient (Wildman–Crippen LogP) is 2.32. The Morgan fingerprint density at radius 3 is 2.56 bits per heavy atom. The van der Waals surface area contributed by atoms with Gasteiger partial charge in [0.1, 0.15) is 6.29 Å². The van der Waals surface area contributed by atoms with Crippen molar-refractivity contribution in [1.29, 1.82) is 0 Å². The second-order valence-electron chi connectivity index (χ2n) is 3.52. The molecule has 1 aromatic carbocycles. The van der Waals surface area contributed by atoms with Gasteiger partial charge < -0.3 is 5.32 Å². The molecule has 1 N–H and O–H groups in total. The van der Waals surface area contributed by atoms with Crippen LogP contribution in [-0.4, -0.2) is 12.2 Å². The molecule has 16 heavy (non-hydrogen) atoms. The number of carbonyl (C=O) groups is 2. The third-order valence-corrected chi connectivity index (χ3v) is 2.37. The van der Waals surface area contributed by atoms with Gasteiger partial charge in [0.15, 0.2) is 0 Å². The first-order chi connectivity index (χ1) is 7.79. The number of amides is 1. The van der Waals surface area contributed by atoms with E-state index in [9.17, 15) is 9.59 Å². The summed E-state index contributed by atoms with van der Waals surface area (Å²) in [7, 11) is 0. The van der Waals surface area contributed by atoms with Crippen molar-refractivity contribution in [3.05, 3.63) is 53.6 Å². The highest BCUT2D eigenvalue weighted by atomic mass is 16.1. The van der Waals surface area contributed by atoms with E-state index >= 15 is 0 Å². The molecule has 0 fully saturated rings. The standard InChI is InChI=1S/C13H11NO2/c15-9-10-5-7-12(8-6-10)14-13(16)11-3-1-2-4-11/h1-3,5-9H,4H2,(H,14,16). The Kier molecular flexibility index (Phi) is 2.96. The lowest BCUT2D eigenvalue weighted by atomic mass is 10.2. The fourth-order valence-electron chi connectivity index (χ4n) is 1.47. The first-order valence-electron chi connectivity index (χ1n) is 5.02. The molecule has 0 unspecified atom stereocenters. The van der Waals surface area contributed by atoms with Gasteiger partial charge >= 0.3 is 0 Å². The van der Waals surface area contributed by atoms with Crippen LogP contribution in [0.4, 0.5) is 5.69 Å². The van der Waals surface area contributed by atoms with Gasteiger partial charge in [-0.05, 0) is 30.7 Å². The number of aldehydes is 1. The molecule has 0 saturated carbocycles. The first kappa shape index (κ1) is 10.4. The van der Waals surface area contributed by atoms with E-state index < -0.39 is 0 Å². The Morgan fingerprint density at radius 1 is 1.25 bits per heavy atom. The van der Waals surface area contributed by atoms with E-state index in [0.717, 1.165) is 11.9 Å². The van der Waals surface area contributed by atoms with Crippen LogP contribution >= 0.6 is 0 Å². The van der Waals surface area contributed by atoms with Crippen molar-refractivity contribution in [3.63, 3.8) is 0 Å². The summed E-state index contributed by atoms with van der Waals surface area (Å²) in [5, 5.41) is 2.77. The minimum Gasteiger partial charge on any atom is -0.322 e. The Balaban J connectivity index is 2.03. The number of benzene rings is 1. The minimum atomic E-state index is -0.0937. The van der Waals surface area contributed by atoms with Crippen molar-refractivity contribution in [3.8, 4) is 0 Å². The molecular formula is C13H11NO2. The number of anilines is 1. The predicted molar refractivity (Wildman–Crippen MR) is 62.3 cm³/mol. The summed E-state index contributed by atoms with van der Waals surface area (Å²) in [5.41, 5.74) is 2.04. The number of nitrogens with one attached hydrogen (secondary N) is 1. The fourth-order valence-corrected chi connectivity index (χ4v) is 1.47. The molecule has 0 aromatic heterocycles. The van der Waals surface area contributed by atoms with Crippen LogP contribution in [-0.2, 0) is 4.79 Å². The van der Waals surface area contributed by atoms with Crippen LogP contribution in [0.3, 0.4) is 0 Å². The number of hydrogen-bond donors (Lipinski definition) is 1. The highest BCUT2D eigenvalue weighted by Crippen LogP contribution is 2.14. The lowest BCUT2D eigenvalue weighted by molar-refractivity contribution is -0.112. The molecule has 0 spiro atoms. The molecule has 2 rings (SSSR count). The Labute approximate surface area is 93.5 Å². The van der Waals surface area contributed by atoms with Crippen LogP contribution in [0.1, 0.15) is 16.8 Å². The molecule has 3 heteroatoms. The zero-order chi connectivity index (χ0) is 11.4. The molecule has 0 heterocycles. The average Bonchev–Trinajstić information content (AvgIpc) is 2.83. The Bertz CT molecular complexity index is 469. The monoisotopic (exact) mass is 213 g/mol. The topological polar surface area (TPSA) is 46.2 Å². The van der Waals surface area contributed by atoms with Crippen LogP contribution in [0.25, 0.3) is 0 Å². The SMILES string of the molecule is O=Cc1ccc(NC(=O)C2=CC=CC2)cc1. The summed E-state index contributed by atoms with van der Waals surface area (Å²) in [6.07, 6.45) is 7.05. The third kappa shape index (κ3) is 2.25. The second-order valence-corrected chi connectivity index (χ2v) is 3.52. The van der Waals surface area contributed by atoms with Gasteiger partial charge in [0.25, 0.3) is 5.91 Å². The van der Waals surface area contributed by atoms with E-state index in [1.165, 1.54) is 0 Å². The molecule has 0 radical (unpaired) electrons. The maximum atomic E-state index is 11.7. The number of carbonyl (C=O) groups excluding carboxylic acids is 2. The normalized spacial score (nSPS) is 13.4. The van der Waals surface area contributed by atoms with Crippen LogP contribution in [0, 0.1) is 0 Å². The quantitative estimate of drug-likeness (QED) is 0.783. The van der Waals surface area contributed by atoms with Gasteiger partial charge in [-0.1, -0.05) is 18.2 Å². The molecule has 1 amide bonds. The Morgan fingerprint density at radius 2 is 2.00 bits per heavy atom. The minimum absolute atomic E-state index is 0.0937. The van der Waals surface area contributed by atoms with E-state index in [2.05, 4.69) is 5.32 Å². The van der Waals surface area contributed by atoms with Crippen LogP contribution in [0.2, 0.25) is 0 Å². The van der Waals surface area contributed by atoms with Gasteiger partial charge in [-0.3, -0.25) is 9.59 Å². The molecule has 80 valence electrons. The van der Waals surface area contributed by atoms with Crippen molar-refractivity contribution >= 4 is 17.9 Å². The van der Waals surface area contributed by atoms with Crippen molar-refractivity contribution < 1.29 is 9.59 Å². The van der Waals surface area contributed by atoms with E-state index in [-0.39, 0.29) is 5.91 Å². The molecule has 0 saturated heterocycles. The third-order valence-electron chi connectivity index (χ3n) is 2.37. The van der Waals surface area contributed by atoms with Gasteiger partial charge in [-0.15, -0.1) is 0 Å². The summed E-state index contributed by atoms with van der Waals surface area (Å²) in [6, 6.07) is 6.77. The number of allylic oxidation sites excluding steroid dienone is 3. The maximum absolute atomic E-state index is 11.7. The highest BCUT2D eigenvalue weighted by molar-refractivity contribution is 6.04. The summed E-state index contributed by atoms with van der Waals surface area (Å²) in [6.45, 7) is 0. The molecule has 3 nitrogen and oxygen atoms in total. The molecular weight excluding hydrogens is 202 g/mol.